The Kier molecular flexibility index (Phi) is 6.52. The maximum Gasteiger partial charge on any atom is 0.377 e. The number of carbonyl (C=O) groups excluding carboxylic acids is 1. The van der Waals surface area contributed by atoms with Crippen molar-refractivity contribution in [3.05, 3.63) is 72.1 Å². The van der Waals surface area contributed by atoms with E-state index in [4.69, 9.17) is 0 Å². The third-order valence-electron chi connectivity index (χ3n) is 5.23. The first-order chi connectivity index (χ1) is 16.7. The molecule has 0 bridgehead atoms. The summed E-state index contributed by atoms with van der Waals surface area (Å²) in [5.41, 5.74) is 1.84. The van der Waals surface area contributed by atoms with E-state index in [1.165, 1.54) is 23.3 Å². The lowest BCUT2D eigenvalue weighted by molar-refractivity contribution is -0.145. The van der Waals surface area contributed by atoms with Crippen LogP contribution in [0.3, 0.4) is 0 Å². The molecule has 0 aliphatic heterocycles. The molecular formula is C23H18F2N6O3S. The smallest absolute Gasteiger partial charge is 0.377 e. The second kappa shape index (κ2) is 9.55. The molecule has 35 heavy (non-hydrogen) atoms. The van der Waals surface area contributed by atoms with Gasteiger partial charge in [-0.2, -0.15) is 14.0 Å². The Balaban J connectivity index is 1.63. The standard InChI is InChI=1S/C23H18F2N6O3S/c1-13-10-28-22(31(13)19-7-6-14(9-26)16-4-2-3-5-17(16)19)35-23(24,25)21(34)30-18(20(32)33)8-15-11-27-12-29-15/h2-7,10-12,18H,8H2,1H3,(H,27,29)(H,30,34)(H,32,33). The third-order valence-corrected chi connectivity index (χ3v) is 6.15. The predicted octanol–water partition coefficient (Wildman–Crippen LogP) is 3.43. The number of hydrogen-bond acceptors (Lipinski definition) is 6. The Morgan fingerprint density at radius 3 is 2.66 bits per heavy atom. The lowest BCUT2D eigenvalue weighted by Gasteiger charge is -2.20. The summed E-state index contributed by atoms with van der Waals surface area (Å²) in [6.07, 6.45) is 3.81. The minimum atomic E-state index is -4.03. The van der Waals surface area contributed by atoms with Gasteiger partial charge in [-0.05, 0) is 30.8 Å². The number of rotatable bonds is 8. The Morgan fingerprint density at radius 1 is 1.26 bits per heavy atom. The maximum absolute atomic E-state index is 15.0. The normalized spacial score (nSPS) is 12.3. The molecule has 0 spiro atoms. The highest BCUT2D eigenvalue weighted by molar-refractivity contribution is 8.00. The lowest BCUT2D eigenvalue weighted by atomic mass is 10.0. The van der Waals surface area contributed by atoms with Crippen molar-refractivity contribution in [2.75, 3.05) is 0 Å². The van der Waals surface area contributed by atoms with E-state index in [1.54, 1.807) is 43.3 Å². The highest BCUT2D eigenvalue weighted by Crippen LogP contribution is 2.38. The van der Waals surface area contributed by atoms with Crippen molar-refractivity contribution in [2.45, 2.75) is 29.8 Å². The molecule has 1 atom stereocenters. The first kappa shape index (κ1) is 23.9. The zero-order chi connectivity index (χ0) is 25.2. The number of hydrogen-bond donors (Lipinski definition) is 3. The van der Waals surface area contributed by atoms with Gasteiger partial charge < -0.3 is 15.4 Å². The Morgan fingerprint density at radius 2 is 2.00 bits per heavy atom. The maximum atomic E-state index is 15.0. The van der Waals surface area contributed by atoms with Crippen LogP contribution in [0.25, 0.3) is 16.5 Å². The van der Waals surface area contributed by atoms with Crippen molar-refractivity contribution in [3.63, 3.8) is 0 Å². The van der Waals surface area contributed by atoms with E-state index in [2.05, 4.69) is 21.0 Å². The van der Waals surface area contributed by atoms with Crippen molar-refractivity contribution in [3.8, 4) is 11.8 Å². The van der Waals surface area contributed by atoms with Gasteiger partial charge in [-0.3, -0.25) is 9.36 Å². The predicted molar refractivity (Wildman–Crippen MR) is 123 cm³/mol. The number of fused-ring (bicyclic) bond motifs is 1. The fourth-order valence-electron chi connectivity index (χ4n) is 3.58. The summed E-state index contributed by atoms with van der Waals surface area (Å²) in [6.45, 7) is 1.67. The van der Waals surface area contributed by atoms with Gasteiger partial charge in [0.1, 0.15) is 6.04 Å². The molecule has 2 aromatic heterocycles. The van der Waals surface area contributed by atoms with Gasteiger partial charge in [-0.1, -0.05) is 24.3 Å². The molecule has 0 saturated carbocycles. The number of carboxylic acid groups (broad SMARTS) is 1. The molecule has 4 rings (SSSR count). The van der Waals surface area contributed by atoms with E-state index >= 15 is 0 Å². The molecule has 9 nitrogen and oxygen atoms in total. The summed E-state index contributed by atoms with van der Waals surface area (Å²) in [7, 11) is 0. The average molecular weight is 496 g/mol. The first-order valence-corrected chi connectivity index (χ1v) is 11.1. The molecule has 12 heteroatoms. The van der Waals surface area contributed by atoms with Gasteiger partial charge >= 0.3 is 17.1 Å². The molecule has 0 fully saturated rings. The van der Waals surface area contributed by atoms with E-state index in [-0.39, 0.29) is 23.3 Å². The number of imidazole rings is 2. The van der Waals surface area contributed by atoms with Crippen LogP contribution in [0.2, 0.25) is 0 Å². The number of nitriles is 1. The number of halogens is 2. The Labute approximate surface area is 201 Å². The van der Waals surface area contributed by atoms with E-state index in [0.29, 0.717) is 33.4 Å². The molecule has 0 saturated heterocycles. The molecule has 3 N–H and O–H groups in total. The topological polar surface area (TPSA) is 137 Å². The van der Waals surface area contributed by atoms with Crippen molar-refractivity contribution in [1.82, 2.24) is 24.8 Å². The van der Waals surface area contributed by atoms with Crippen LogP contribution in [0.5, 0.6) is 0 Å². The van der Waals surface area contributed by atoms with Crippen molar-refractivity contribution >= 4 is 34.4 Å². The van der Waals surface area contributed by atoms with Crippen LogP contribution in [-0.4, -0.2) is 47.8 Å². The molecule has 178 valence electrons. The van der Waals surface area contributed by atoms with Gasteiger partial charge in [0, 0.05) is 41.0 Å². The number of carboxylic acids is 1. The largest absolute Gasteiger partial charge is 0.480 e. The van der Waals surface area contributed by atoms with E-state index < -0.39 is 23.2 Å². The number of aromatic nitrogens is 4. The molecule has 0 aliphatic rings. The first-order valence-electron chi connectivity index (χ1n) is 10.3. The summed E-state index contributed by atoms with van der Waals surface area (Å²) < 4.78 is 31.4. The zero-order valence-electron chi connectivity index (χ0n) is 18.2. The van der Waals surface area contributed by atoms with Gasteiger partial charge in [-0.15, -0.1) is 0 Å². The van der Waals surface area contributed by atoms with Crippen LogP contribution < -0.4 is 5.32 Å². The molecule has 1 unspecified atom stereocenters. The van der Waals surface area contributed by atoms with Gasteiger partial charge in [0.15, 0.2) is 5.16 Å². The summed E-state index contributed by atoms with van der Waals surface area (Å²) >= 11 is -0.0952. The van der Waals surface area contributed by atoms with E-state index in [0.717, 1.165) is 0 Å². The van der Waals surface area contributed by atoms with Crippen LogP contribution in [0.15, 0.2) is 60.3 Å². The lowest BCUT2D eigenvalue weighted by Crippen LogP contribution is -2.48. The number of amides is 1. The van der Waals surface area contributed by atoms with Crippen LogP contribution >= 0.6 is 11.8 Å². The van der Waals surface area contributed by atoms with Gasteiger partial charge in [-0.25, -0.2) is 14.8 Å². The summed E-state index contributed by atoms with van der Waals surface area (Å²) in [5, 5.41) is 17.8. The van der Waals surface area contributed by atoms with Gasteiger partial charge in [0.25, 0.3) is 0 Å². The Bertz CT molecular complexity index is 1450. The fourth-order valence-corrected chi connectivity index (χ4v) is 4.40. The molecule has 2 heterocycles. The van der Waals surface area contributed by atoms with Crippen LogP contribution in [0.1, 0.15) is 17.0 Å². The number of aryl methyl sites for hydroxylation is 1. The number of nitrogens with zero attached hydrogens (tertiary/aromatic N) is 4. The van der Waals surface area contributed by atoms with E-state index in [9.17, 15) is 28.7 Å². The number of carbonyl (C=O) groups is 2. The monoisotopic (exact) mass is 496 g/mol. The van der Waals surface area contributed by atoms with Crippen molar-refractivity contribution < 1.29 is 23.5 Å². The average Bonchev–Trinajstić information content (AvgIpc) is 3.47. The van der Waals surface area contributed by atoms with E-state index in [1.807, 2.05) is 5.32 Å². The SMILES string of the molecule is Cc1cnc(SC(F)(F)C(=O)NC(Cc2cnc[nH]2)C(=O)O)n1-c1ccc(C#N)c2ccccc12. The molecule has 2 aromatic carbocycles. The number of alkyl halides is 2. The third kappa shape index (κ3) is 4.85. The Hall–Kier alpha value is -4.24. The number of benzene rings is 2. The molecule has 0 radical (unpaired) electrons. The fraction of sp³-hybridized carbons (Fsp3) is 0.174. The summed E-state index contributed by atoms with van der Waals surface area (Å²) in [5.74, 6) is -3.22. The van der Waals surface area contributed by atoms with Gasteiger partial charge in [0.05, 0.1) is 23.6 Å². The zero-order valence-corrected chi connectivity index (χ0v) is 19.0. The summed E-state index contributed by atoms with van der Waals surface area (Å²) in [4.78, 5) is 34.4. The molecule has 4 aromatic rings. The minimum absolute atomic E-state index is 0.0952. The van der Waals surface area contributed by atoms with Crippen LogP contribution in [-0.2, 0) is 16.0 Å². The highest BCUT2D eigenvalue weighted by atomic mass is 32.2. The van der Waals surface area contributed by atoms with Gasteiger partial charge in [0.2, 0.25) is 0 Å². The van der Waals surface area contributed by atoms with Crippen LogP contribution in [0, 0.1) is 18.3 Å². The number of H-pyrrole nitrogens is 1. The molecular weight excluding hydrogens is 478 g/mol. The highest BCUT2D eigenvalue weighted by Gasteiger charge is 2.43. The van der Waals surface area contributed by atoms with Crippen LogP contribution in [0.4, 0.5) is 8.78 Å². The van der Waals surface area contributed by atoms with Crippen molar-refractivity contribution in [2.24, 2.45) is 0 Å². The second-order valence-corrected chi connectivity index (χ2v) is 8.65. The quantitative estimate of drug-likeness (QED) is 0.318. The summed E-state index contributed by atoms with van der Waals surface area (Å²) in [6, 6.07) is 10.8. The molecule has 0 aliphatic carbocycles. The minimum Gasteiger partial charge on any atom is -0.480 e. The second-order valence-electron chi connectivity index (χ2n) is 7.57. The number of thioether (sulfide) groups is 1. The molecule has 1 amide bonds. The number of nitrogens with one attached hydrogen (secondary N) is 2. The number of aromatic amines is 1. The number of aliphatic carboxylic acids is 1. The van der Waals surface area contributed by atoms with Crippen molar-refractivity contribution in [1.29, 1.82) is 5.26 Å².